The van der Waals surface area contributed by atoms with Crippen LogP contribution in [0.3, 0.4) is 0 Å². The molecule has 0 unspecified atom stereocenters. The van der Waals surface area contributed by atoms with Crippen LogP contribution in [-0.4, -0.2) is 23.1 Å². The van der Waals surface area contributed by atoms with E-state index < -0.39 is 6.29 Å². The molecule has 0 aliphatic heterocycles. The molecule has 3 nitrogen and oxygen atoms in total. The summed E-state index contributed by atoms with van der Waals surface area (Å²) >= 11 is 0. The molecule has 0 bridgehead atoms. The van der Waals surface area contributed by atoms with Crippen LogP contribution < -0.4 is 0 Å². The molecule has 1 aromatic rings. The summed E-state index contributed by atoms with van der Waals surface area (Å²) in [7, 11) is 0. The first-order chi connectivity index (χ1) is 7.63. The number of rotatable bonds is 6. The molecule has 0 radical (unpaired) electrons. The minimum Gasteiger partial charge on any atom is -0.377 e. The van der Waals surface area contributed by atoms with E-state index in [-0.39, 0.29) is 12.2 Å². The molecule has 16 heavy (non-hydrogen) atoms. The third-order valence-corrected chi connectivity index (χ3v) is 2.26. The van der Waals surface area contributed by atoms with Crippen molar-refractivity contribution in [3.8, 4) is 0 Å². The summed E-state index contributed by atoms with van der Waals surface area (Å²) in [6.07, 6.45) is -0.928. The lowest BCUT2D eigenvalue weighted by atomic mass is 10.1. The molecule has 2 N–H and O–H groups in total. The molecule has 0 aliphatic rings. The van der Waals surface area contributed by atoms with Crippen molar-refractivity contribution in [3.63, 3.8) is 0 Å². The molecular formula is C12H17FO3. The van der Waals surface area contributed by atoms with E-state index in [4.69, 9.17) is 14.9 Å². The number of aryl methyl sites for hydroxylation is 1. The zero-order chi connectivity index (χ0) is 12.0. The summed E-state index contributed by atoms with van der Waals surface area (Å²) in [5.41, 5.74) is 1.28. The summed E-state index contributed by atoms with van der Waals surface area (Å²) in [5.74, 6) is -0.321. The van der Waals surface area contributed by atoms with E-state index in [0.717, 1.165) is 5.56 Å². The smallest absolute Gasteiger partial charge is 0.151 e. The number of hydrogen-bond acceptors (Lipinski definition) is 3. The van der Waals surface area contributed by atoms with Gasteiger partial charge in [-0.3, -0.25) is 0 Å². The van der Waals surface area contributed by atoms with Gasteiger partial charge in [0.15, 0.2) is 6.29 Å². The van der Waals surface area contributed by atoms with Crippen LogP contribution >= 0.6 is 0 Å². The molecule has 0 amide bonds. The zero-order valence-corrected chi connectivity index (χ0v) is 9.32. The highest BCUT2D eigenvalue weighted by atomic mass is 19.1. The van der Waals surface area contributed by atoms with Crippen molar-refractivity contribution in [2.45, 2.75) is 32.7 Å². The fourth-order valence-electron chi connectivity index (χ4n) is 1.39. The van der Waals surface area contributed by atoms with E-state index in [1.54, 1.807) is 12.1 Å². The first-order valence-corrected chi connectivity index (χ1v) is 5.34. The van der Waals surface area contributed by atoms with Crippen LogP contribution in [0.2, 0.25) is 0 Å². The molecule has 0 spiro atoms. The zero-order valence-electron chi connectivity index (χ0n) is 9.32. The monoisotopic (exact) mass is 228 g/mol. The van der Waals surface area contributed by atoms with E-state index in [0.29, 0.717) is 25.2 Å². The quantitative estimate of drug-likeness (QED) is 0.727. The summed E-state index contributed by atoms with van der Waals surface area (Å²) in [4.78, 5) is 0. The average Bonchev–Trinajstić information content (AvgIpc) is 2.24. The van der Waals surface area contributed by atoms with Gasteiger partial charge < -0.3 is 14.9 Å². The highest BCUT2D eigenvalue weighted by molar-refractivity contribution is 5.24. The summed E-state index contributed by atoms with van der Waals surface area (Å²) < 4.78 is 18.7. The van der Waals surface area contributed by atoms with Gasteiger partial charge in [0.05, 0.1) is 6.61 Å². The SMILES string of the molecule is CCOCc1ccc(CCC(O)O)c(F)c1. The second kappa shape index (κ2) is 6.58. The highest BCUT2D eigenvalue weighted by Crippen LogP contribution is 2.13. The predicted molar refractivity (Wildman–Crippen MR) is 58.3 cm³/mol. The van der Waals surface area contributed by atoms with Crippen molar-refractivity contribution >= 4 is 0 Å². The van der Waals surface area contributed by atoms with Crippen molar-refractivity contribution in [1.82, 2.24) is 0 Å². The molecule has 0 saturated heterocycles. The second-order valence-electron chi connectivity index (χ2n) is 3.58. The highest BCUT2D eigenvalue weighted by Gasteiger charge is 2.06. The fraction of sp³-hybridized carbons (Fsp3) is 0.500. The summed E-state index contributed by atoms with van der Waals surface area (Å²) in [6, 6.07) is 4.87. The molecule has 90 valence electrons. The molecule has 0 fully saturated rings. The topological polar surface area (TPSA) is 49.7 Å². The van der Waals surface area contributed by atoms with Gasteiger partial charge >= 0.3 is 0 Å². The van der Waals surface area contributed by atoms with Gasteiger partial charge in [0.2, 0.25) is 0 Å². The Morgan fingerprint density at radius 1 is 1.38 bits per heavy atom. The van der Waals surface area contributed by atoms with Crippen molar-refractivity contribution in [1.29, 1.82) is 0 Å². The van der Waals surface area contributed by atoms with Crippen molar-refractivity contribution in [2.24, 2.45) is 0 Å². The number of hydrogen-bond donors (Lipinski definition) is 2. The third-order valence-electron chi connectivity index (χ3n) is 2.26. The van der Waals surface area contributed by atoms with E-state index in [2.05, 4.69) is 0 Å². The van der Waals surface area contributed by atoms with Crippen LogP contribution in [-0.2, 0) is 17.8 Å². The standard InChI is InChI=1S/C12H17FO3/c1-2-16-8-9-3-4-10(11(13)7-9)5-6-12(14)15/h3-4,7,12,14-15H,2,5-6,8H2,1H3. The van der Waals surface area contributed by atoms with Gasteiger partial charge in [-0.15, -0.1) is 0 Å². The van der Waals surface area contributed by atoms with Gasteiger partial charge in [0.1, 0.15) is 5.82 Å². The minimum absolute atomic E-state index is 0.141. The summed E-state index contributed by atoms with van der Waals surface area (Å²) in [6.45, 7) is 2.88. The lowest BCUT2D eigenvalue weighted by molar-refractivity contribution is -0.0448. The fourth-order valence-corrected chi connectivity index (χ4v) is 1.39. The van der Waals surface area contributed by atoms with E-state index >= 15 is 0 Å². The van der Waals surface area contributed by atoms with E-state index in [9.17, 15) is 4.39 Å². The first kappa shape index (κ1) is 13.1. The largest absolute Gasteiger partial charge is 0.377 e. The van der Waals surface area contributed by atoms with Crippen LogP contribution in [0, 0.1) is 5.82 Å². The van der Waals surface area contributed by atoms with Crippen LogP contribution in [0.1, 0.15) is 24.5 Å². The molecule has 0 heterocycles. The van der Waals surface area contributed by atoms with Crippen LogP contribution in [0.15, 0.2) is 18.2 Å². The lowest BCUT2D eigenvalue weighted by Gasteiger charge is -2.07. The van der Waals surface area contributed by atoms with Gasteiger partial charge in [0.25, 0.3) is 0 Å². The Hall–Kier alpha value is -0.970. The molecule has 1 rings (SSSR count). The van der Waals surface area contributed by atoms with Crippen molar-refractivity contribution in [3.05, 3.63) is 35.1 Å². The van der Waals surface area contributed by atoms with Crippen LogP contribution in [0.4, 0.5) is 4.39 Å². The first-order valence-electron chi connectivity index (χ1n) is 5.34. The van der Waals surface area contributed by atoms with Gasteiger partial charge in [-0.05, 0) is 30.5 Å². The maximum absolute atomic E-state index is 13.5. The Morgan fingerprint density at radius 3 is 2.69 bits per heavy atom. The van der Waals surface area contributed by atoms with Gasteiger partial charge in [-0.1, -0.05) is 12.1 Å². The molecule has 1 aromatic carbocycles. The second-order valence-corrected chi connectivity index (χ2v) is 3.58. The molecule has 4 heteroatoms. The lowest BCUT2D eigenvalue weighted by Crippen LogP contribution is -2.06. The Balaban J connectivity index is 2.60. The number of benzene rings is 1. The van der Waals surface area contributed by atoms with Crippen LogP contribution in [0.5, 0.6) is 0 Å². The maximum atomic E-state index is 13.5. The van der Waals surface area contributed by atoms with E-state index in [1.807, 2.05) is 6.92 Å². The van der Waals surface area contributed by atoms with Crippen molar-refractivity contribution in [2.75, 3.05) is 6.61 Å². The molecule has 0 saturated carbocycles. The third kappa shape index (κ3) is 4.26. The Labute approximate surface area is 94.5 Å². The number of ether oxygens (including phenoxy) is 1. The number of aliphatic hydroxyl groups excluding tert-OH is 1. The molecular weight excluding hydrogens is 211 g/mol. The normalized spacial score (nSPS) is 11.1. The van der Waals surface area contributed by atoms with E-state index in [1.165, 1.54) is 6.07 Å². The molecule has 0 atom stereocenters. The Morgan fingerprint density at radius 2 is 2.12 bits per heavy atom. The number of halogens is 1. The summed E-state index contributed by atoms with van der Waals surface area (Å²) in [5, 5.41) is 17.4. The molecule has 0 aliphatic carbocycles. The van der Waals surface area contributed by atoms with Crippen molar-refractivity contribution < 1.29 is 19.3 Å². The molecule has 0 aromatic heterocycles. The minimum atomic E-state index is -1.39. The van der Waals surface area contributed by atoms with Gasteiger partial charge in [-0.25, -0.2) is 4.39 Å². The number of aliphatic hydroxyl groups is 2. The van der Waals surface area contributed by atoms with Crippen LogP contribution in [0.25, 0.3) is 0 Å². The predicted octanol–water partition coefficient (Wildman–Crippen LogP) is 1.61. The maximum Gasteiger partial charge on any atom is 0.151 e. The van der Waals surface area contributed by atoms with Gasteiger partial charge in [-0.2, -0.15) is 0 Å². The average molecular weight is 228 g/mol. The Kier molecular flexibility index (Phi) is 5.38. The van der Waals surface area contributed by atoms with Gasteiger partial charge in [0, 0.05) is 13.0 Å². The Bertz CT molecular complexity index is 326.